The molecule has 3 atom stereocenters. The van der Waals surface area contributed by atoms with E-state index in [-0.39, 0.29) is 15.7 Å². The third-order valence-electron chi connectivity index (χ3n) is 9.88. The quantitative estimate of drug-likeness (QED) is 0.342. The molecule has 0 saturated heterocycles. The summed E-state index contributed by atoms with van der Waals surface area (Å²) in [5.74, 6) is 2.77. The van der Waals surface area contributed by atoms with Crippen LogP contribution in [0.4, 0.5) is 0 Å². The molecule has 0 aliphatic heterocycles. The Bertz CT molecular complexity index is 1090. The summed E-state index contributed by atoms with van der Waals surface area (Å²) < 4.78 is 0. The van der Waals surface area contributed by atoms with Gasteiger partial charge in [-0.05, 0) is 103 Å². The minimum atomic E-state index is -0.362. The maximum Gasteiger partial charge on any atom is 0.0891 e. The van der Waals surface area contributed by atoms with Gasteiger partial charge in [0, 0.05) is 28.9 Å². The molecule has 4 fully saturated rings. The largest absolute Gasteiger partial charge is 0.364 e. The third kappa shape index (κ3) is 3.14. The van der Waals surface area contributed by atoms with Crippen LogP contribution < -0.4 is 0 Å². The van der Waals surface area contributed by atoms with E-state index in [1.165, 1.54) is 61.0 Å². The zero-order valence-corrected chi connectivity index (χ0v) is 23.2. The Labute approximate surface area is 209 Å². The van der Waals surface area contributed by atoms with Gasteiger partial charge < -0.3 is 9.97 Å². The van der Waals surface area contributed by atoms with E-state index in [2.05, 4.69) is 110 Å². The monoisotopic (exact) mass is 490 g/mol. The molecule has 3 aromatic rings. The maximum atomic E-state index is 3.57. The van der Waals surface area contributed by atoms with Crippen LogP contribution in [0.1, 0.15) is 81.8 Å². The maximum absolute atomic E-state index is 3.57. The second-order valence-corrected chi connectivity index (χ2v) is 14.5. The number of benzene rings is 1. The van der Waals surface area contributed by atoms with Gasteiger partial charge in [-0.1, -0.05) is 45.0 Å². The zero-order chi connectivity index (χ0) is 23.8. The molecule has 2 N–H and O–H groups in total. The van der Waals surface area contributed by atoms with Crippen molar-refractivity contribution in [1.82, 2.24) is 9.97 Å². The number of nitrogens with one attached hydrogen (secondary N) is 2. The number of hydrogen-bond donors (Lipinski definition) is 2. The van der Waals surface area contributed by atoms with Crippen LogP contribution in [0.15, 0.2) is 60.9 Å². The highest BCUT2D eigenvalue weighted by Crippen LogP contribution is 2.73. The number of hydrogen-bond acceptors (Lipinski definition) is 0. The van der Waals surface area contributed by atoms with E-state index in [4.69, 9.17) is 0 Å². The normalized spacial score (nSPS) is 30.4. The minimum Gasteiger partial charge on any atom is -0.364 e. The summed E-state index contributed by atoms with van der Waals surface area (Å²) in [6.45, 7) is 7.47. The Balaban J connectivity index is 1.60. The Morgan fingerprint density at radius 1 is 0.706 bits per heavy atom. The first-order valence-corrected chi connectivity index (χ1v) is 14.3. The molecule has 4 bridgehead atoms. The molecule has 1 aromatic carbocycles. The highest BCUT2D eigenvalue weighted by Gasteiger charge is 2.63. The number of aromatic amines is 2. The predicted octanol–water partition coefficient (Wildman–Crippen LogP) is 7.84. The number of H-pyrrole nitrogens is 2. The molecule has 4 heteroatoms. The van der Waals surface area contributed by atoms with Crippen LogP contribution >= 0.6 is 18.5 Å². The van der Waals surface area contributed by atoms with Crippen molar-refractivity contribution in [3.8, 4) is 0 Å². The lowest BCUT2D eigenvalue weighted by molar-refractivity contribution is -0.101. The summed E-state index contributed by atoms with van der Waals surface area (Å²) in [6.07, 6.45) is 12.7. The van der Waals surface area contributed by atoms with E-state index in [1.54, 1.807) is 0 Å². The molecule has 0 amide bonds. The Morgan fingerprint density at radius 3 is 1.59 bits per heavy atom. The highest BCUT2D eigenvalue weighted by molar-refractivity contribution is 7.19. The molecule has 2 nitrogen and oxygen atoms in total. The molecular formula is C30H40N2P2. The fraction of sp³-hybridized carbons (Fsp3) is 0.533. The van der Waals surface area contributed by atoms with Gasteiger partial charge in [0.15, 0.2) is 0 Å². The Morgan fingerprint density at radius 2 is 1.18 bits per heavy atom. The third-order valence-corrected chi connectivity index (χ3v) is 12.6. The van der Waals surface area contributed by atoms with Gasteiger partial charge in [-0.2, -0.15) is 0 Å². The first-order valence-electron chi connectivity index (χ1n) is 13.1. The van der Waals surface area contributed by atoms with Crippen molar-refractivity contribution in [2.24, 2.45) is 28.6 Å². The van der Waals surface area contributed by atoms with Crippen molar-refractivity contribution in [3.05, 3.63) is 83.4 Å². The topological polar surface area (TPSA) is 31.6 Å². The average Bonchev–Trinajstić information content (AvgIpc) is 3.51. The SMILES string of the molecule is CC(C)(C)C(P)(c1ccccc1C(P)(c1ccc[nH]1)c1ccc[nH]1)C12CC3CC(CC(C3)C1)C2. The molecule has 2 heterocycles. The van der Waals surface area contributed by atoms with Crippen LogP contribution in [0.5, 0.6) is 0 Å². The molecule has 4 aliphatic rings. The van der Waals surface area contributed by atoms with Crippen LogP contribution in [0.3, 0.4) is 0 Å². The molecule has 0 radical (unpaired) electrons. The van der Waals surface area contributed by atoms with E-state index in [9.17, 15) is 0 Å². The lowest BCUT2D eigenvalue weighted by atomic mass is 9.42. The molecule has 34 heavy (non-hydrogen) atoms. The van der Waals surface area contributed by atoms with Crippen molar-refractivity contribution in [1.29, 1.82) is 0 Å². The fourth-order valence-electron chi connectivity index (χ4n) is 8.84. The van der Waals surface area contributed by atoms with Crippen LogP contribution in [-0.2, 0) is 10.3 Å². The lowest BCUT2D eigenvalue weighted by Crippen LogP contribution is -2.59. The van der Waals surface area contributed by atoms with E-state index < -0.39 is 0 Å². The molecule has 4 saturated carbocycles. The van der Waals surface area contributed by atoms with Gasteiger partial charge in [0.05, 0.1) is 5.16 Å². The van der Waals surface area contributed by atoms with E-state index in [0.29, 0.717) is 5.41 Å². The van der Waals surface area contributed by atoms with Crippen molar-refractivity contribution in [3.63, 3.8) is 0 Å². The Hall–Kier alpha value is -1.36. The van der Waals surface area contributed by atoms with Gasteiger partial charge >= 0.3 is 0 Å². The van der Waals surface area contributed by atoms with Gasteiger partial charge in [-0.3, -0.25) is 0 Å². The molecule has 2 aromatic heterocycles. The van der Waals surface area contributed by atoms with E-state index in [1.807, 2.05) is 0 Å². The summed E-state index contributed by atoms with van der Waals surface area (Å²) in [5.41, 5.74) is 5.77. The predicted molar refractivity (Wildman–Crippen MR) is 149 cm³/mol. The average molecular weight is 491 g/mol. The van der Waals surface area contributed by atoms with Crippen LogP contribution in [0, 0.1) is 28.6 Å². The molecular weight excluding hydrogens is 450 g/mol. The summed E-state index contributed by atoms with van der Waals surface area (Å²) in [7, 11) is 6.79. The summed E-state index contributed by atoms with van der Waals surface area (Å²) in [5, 5.41) is -0.368. The molecule has 180 valence electrons. The van der Waals surface area contributed by atoms with E-state index in [0.717, 1.165) is 17.8 Å². The van der Waals surface area contributed by atoms with Crippen LogP contribution in [0.2, 0.25) is 0 Å². The molecule has 3 unspecified atom stereocenters. The number of aromatic nitrogens is 2. The van der Waals surface area contributed by atoms with Crippen molar-refractivity contribution >= 4 is 18.5 Å². The van der Waals surface area contributed by atoms with Crippen molar-refractivity contribution < 1.29 is 0 Å². The fourth-order valence-corrected chi connectivity index (χ4v) is 10.1. The van der Waals surface area contributed by atoms with Crippen LogP contribution in [0.25, 0.3) is 0 Å². The van der Waals surface area contributed by atoms with E-state index >= 15 is 0 Å². The van der Waals surface area contributed by atoms with Gasteiger partial charge in [0.2, 0.25) is 0 Å². The second-order valence-electron chi connectivity index (χ2n) is 12.8. The first kappa shape index (κ1) is 23.1. The molecule has 7 rings (SSSR count). The number of rotatable bonds is 5. The second kappa shape index (κ2) is 7.82. The van der Waals surface area contributed by atoms with Gasteiger partial charge in [0.1, 0.15) is 0 Å². The van der Waals surface area contributed by atoms with Gasteiger partial charge in [0.25, 0.3) is 0 Å². The van der Waals surface area contributed by atoms with Gasteiger partial charge in [-0.15, -0.1) is 18.5 Å². The van der Waals surface area contributed by atoms with Crippen LogP contribution in [-0.4, -0.2) is 9.97 Å². The Kier molecular flexibility index (Phi) is 5.30. The lowest BCUT2D eigenvalue weighted by Gasteiger charge is -2.67. The van der Waals surface area contributed by atoms with Gasteiger partial charge in [-0.25, -0.2) is 0 Å². The summed E-state index contributed by atoms with van der Waals surface area (Å²) in [6, 6.07) is 18.1. The molecule has 0 spiro atoms. The minimum absolute atomic E-state index is 0.00634. The summed E-state index contributed by atoms with van der Waals surface area (Å²) >= 11 is 0. The van der Waals surface area contributed by atoms with Crippen molar-refractivity contribution in [2.75, 3.05) is 0 Å². The zero-order valence-electron chi connectivity index (χ0n) is 20.9. The van der Waals surface area contributed by atoms with Crippen molar-refractivity contribution in [2.45, 2.75) is 69.6 Å². The highest BCUT2D eigenvalue weighted by atomic mass is 31.0. The smallest absolute Gasteiger partial charge is 0.0891 e. The standard InChI is InChI=1S/C30H40N2P2/c1-27(2,3)30(34,28-17-20-14-21(18-28)16-22(15-20)19-28)24-9-5-4-8-23(24)29(33,25-10-6-12-31-25)26-11-7-13-32-26/h4-13,20-22,31-32H,14-19,33-34H2,1-3H3. The first-order chi connectivity index (χ1) is 16.2. The summed E-state index contributed by atoms with van der Waals surface area (Å²) in [4.78, 5) is 7.14. The molecule has 4 aliphatic carbocycles.